The number of pyridine rings is 1. The lowest BCUT2D eigenvalue weighted by molar-refractivity contribution is 0.0871. The molecule has 104 valence electrons. The third-order valence-electron chi connectivity index (χ3n) is 3.93. The van der Waals surface area contributed by atoms with Crippen molar-refractivity contribution in [1.82, 2.24) is 10.3 Å². The van der Waals surface area contributed by atoms with Gasteiger partial charge in [0.05, 0.1) is 5.54 Å². The Kier molecular flexibility index (Phi) is 4.30. The first-order valence-corrected chi connectivity index (χ1v) is 7.15. The minimum Gasteiger partial charge on any atom is -0.367 e. The maximum atomic E-state index is 12.2. The molecule has 1 saturated carbocycles. The molecule has 2 rings (SSSR count). The van der Waals surface area contributed by atoms with Crippen molar-refractivity contribution < 1.29 is 4.79 Å². The Hall–Kier alpha value is -1.29. The van der Waals surface area contributed by atoms with Gasteiger partial charge in [0.2, 0.25) is 0 Å². The first-order chi connectivity index (χ1) is 9.06. The molecule has 0 radical (unpaired) electrons. The van der Waals surface area contributed by atoms with Crippen molar-refractivity contribution in [1.29, 1.82) is 0 Å². The second kappa shape index (κ2) is 5.78. The van der Waals surface area contributed by atoms with E-state index in [1.165, 1.54) is 18.5 Å². The summed E-state index contributed by atoms with van der Waals surface area (Å²) in [5.74, 6) is 0.723. The molecule has 0 aliphatic heterocycles. The lowest BCUT2D eigenvalue weighted by Gasteiger charge is -2.38. The first-order valence-electron chi connectivity index (χ1n) is 6.62. The van der Waals surface area contributed by atoms with Crippen molar-refractivity contribution in [2.45, 2.75) is 38.1 Å². The molecule has 1 amide bonds. The maximum absolute atomic E-state index is 12.2. The number of aromatic amines is 1. The van der Waals surface area contributed by atoms with Gasteiger partial charge in [0.25, 0.3) is 5.91 Å². The maximum Gasteiger partial charge on any atom is 0.257 e. The van der Waals surface area contributed by atoms with Crippen LogP contribution in [-0.2, 0) is 0 Å². The van der Waals surface area contributed by atoms with Crippen LogP contribution in [0.5, 0.6) is 0 Å². The van der Waals surface area contributed by atoms with E-state index in [2.05, 4.69) is 17.2 Å². The molecule has 1 aliphatic carbocycles. The van der Waals surface area contributed by atoms with Crippen molar-refractivity contribution in [3.05, 3.63) is 34.2 Å². The predicted octanol–water partition coefficient (Wildman–Crippen LogP) is 2.29. The molecule has 0 bridgehead atoms. The van der Waals surface area contributed by atoms with Gasteiger partial charge in [-0.3, -0.25) is 9.59 Å². The summed E-state index contributed by atoms with van der Waals surface area (Å²) in [5, 5.41) is 2.97. The van der Waals surface area contributed by atoms with Crippen molar-refractivity contribution in [3.8, 4) is 0 Å². The molecule has 0 unspecified atom stereocenters. The zero-order valence-corrected chi connectivity index (χ0v) is 11.8. The number of halogens is 1. The smallest absolute Gasteiger partial charge is 0.257 e. The summed E-state index contributed by atoms with van der Waals surface area (Å²) in [6, 6.07) is 1.35. The van der Waals surface area contributed by atoms with E-state index in [9.17, 15) is 9.59 Å². The first kappa shape index (κ1) is 14.1. The van der Waals surface area contributed by atoms with Crippen LogP contribution in [0.1, 0.15) is 43.0 Å². The second-order valence-electron chi connectivity index (χ2n) is 5.47. The minimum absolute atomic E-state index is 0.144. The van der Waals surface area contributed by atoms with E-state index in [0.717, 1.165) is 25.7 Å². The fourth-order valence-corrected chi connectivity index (χ4v) is 2.84. The van der Waals surface area contributed by atoms with Crippen LogP contribution >= 0.6 is 11.6 Å². The van der Waals surface area contributed by atoms with Gasteiger partial charge in [-0.05, 0) is 31.6 Å². The third kappa shape index (κ3) is 3.18. The van der Waals surface area contributed by atoms with Crippen molar-refractivity contribution in [2.75, 3.05) is 5.88 Å². The molecule has 5 heteroatoms. The lowest BCUT2D eigenvalue weighted by atomic mass is 9.78. The van der Waals surface area contributed by atoms with Crippen LogP contribution in [0.3, 0.4) is 0 Å². The Bertz CT molecular complexity index is 504. The molecule has 1 aromatic rings. The van der Waals surface area contributed by atoms with E-state index in [-0.39, 0.29) is 22.4 Å². The van der Waals surface area contributed by atoms with Gasteiger partial charge in [0.1, 0.15) is 5.56 Å². The highest BCUT2D eigenvalue weighted by Crippen LogP contribution is 2.32. The number of carbonyl (C=O) groups excluding carboxylic acids is 1. The Labute approximate surface area is 117 Å². The lowest BCUT2D eigenvalue weighted by Crippen LogP contribution is -2.52. The Morgan fingerprint density at radius 2 is 2.21 bits per heavy atom. The van der Waals surface area contributed by atoms with E-state index in [4.69, 9.17) is 11.6 Å². The fourth-order valence-electron chi connectivity index (χ4n) is 2.51. The summed E-state index contributed by atoms with van der Waals surface area (Å²) >= 11 is 6.06. The van der Waals surface area contributed by atoms with Crippen LogP contribution in [0, 0.1) is 5.92 Å². The molecule has 1 aliphatic rings. The highest BCUT2D eigenvalue weighted by atomic mass is 35.5. The SMILES string of the molecule is CC1CCC(CCl)(NC(=O)c2c[nH]ccc2=O)CC1. The highest BCUT2D eigenvalue weighted by Gasteiger charge is 2.35. The van der Waals surface area contributed by atoms with Gasteiger partial charge >= 0.3 is 0 Å². The number of aromatic nitrogens is 1. The molecule has 0 atom stereocenters. The largest absolute Gasteiger partial charge is 0.367 e. The average molecular weight is 283 g/mol. The highest BCUT2D eigenvalue weighted by molar-refractivity contribution is 6.19. The van der Waals surface area contributed by atoms with Gasteiger partial charge in [-0.2, -0.15) is 0 Å². The van der Waals surface area contributed by atoms with Crippen molar-refractivity contribution in [3.63, 3.8) is 0 Å². The van der Waals surface area contributed by atoms with E-state index >= 15 is 0 Å². The molecular weight excluding hydrogens is 264 g/mol. The molecule has 1 aromatic heterocycles. The van der Waals surface area contributed by atoms with Gasteiger partial charge in [-0.25, -0.2) is 0 Å². The molecule has 1 heterocycles. The van der Waals surface area contributed by atoms with Crippen LogP contribution in [0.4, 0.5) is 0 Å². The molecule has 2 N–H and O–H groups in total. The summed E-state index contributed by atoms with van der Waals surface area (Å²) < 4.78 is 0. The number of rotatable bonds is 3. The molecular formula is C14H19ClN2O2. The number of hydrogen-bond acceptors (Lipinski definition) is 2. The number of amides is 1. The summed E-state index contributed by atoms with van der Waals surface area (Å²) in [4.78, 5) is 26.6. The zero-order valence-electron chi connectivity index (χ0n) is 11.0. The summed E-state index contributed by atoms with van der Waals surface area (Å²) in [6.45, 7) is 2.21. The summed E-state index contributed by atoms with van der Waals surface area (Å²) in [6.07, 6.45) is 6.79. The number of nitrogens with one attached hydrogen (secondary N) is 2. The molecule has 0 saturated heterocycles. The summed E-state index contributed by atoms with van der Waals surface area (Å²) in [5.41, 5.74) is -0.497. The standard InChI is InChI=1S/C14H19ClN2O2/c1-10-2-5-14(9-15,6-3-10)17-13(19)11-8-16-7-4-12(11)18/h4,7-8,10H,2-3,5-6,9H2,1H3,(H,16,18)(H,17,19). The molecule has 1 fully saturated rings. The van der Waals surface area contributed by atoms with Crippen molar-refractivity contribution in [2.24, 2.45) is 5.92 Å². The average Bonchev–Trinajstić information content (AvgIpc) is 2.42. The van der Waals surface area contributed by atoms with E-state index in [1.54, 1.807) is 0 Å². The van der Waals surface area contributed by atoms with Crippen LogP contribution in [0.2, 0.25) is 0 Å². The fraction of sp³-hybridized carbons (Fsp3) is 0.571. The number of H-pyrrole nitrogens is 1. The van der Waals surface area contributed by atoms with Crippen LogP contribution in [0.25, 0.3) is 0 Å². The monoisotopic (exact) mass is 282 g/mol. The van der Waals surface area contributed by atoms with Crippen LogP contribution in [-0.4, -0.2) is 22.3 Å². The van der Waals surface area contributed by atoms with Gasteiger partial charge in [0, 0.05) is 24.3 Å². The number of hydrogen-bond donors (Lipinski definition) is 2. The van der Waals surface area contributed by atoms with Crippen molar-refractivity contribution >= 4 is 17.5 Å². The van der Waals surface area contributed by atoms with Gasteiger partial charge < -0.3 is 10.3 Å². The molecule has 19 heavy (non-hydrogen) atoms. The molecule has 4 nitrogen and oxygen atoms in total. The molecule has 0 aromatic carbocycles. The topological polar surface area (TPSA) is 62.0 Å². The second-order valence-corrected chi connectivity index (χ2v) is 5.74. The summed E-state index contributed by atoms with van der Waals surface area (Å²) in [7, 11) is 0. The number of carbonyl (C=O) groups is 1. The van der Waals surface area contributed by atoms with E-state index < -0.39 is 0 Å². The quantitative estimate of drug-likeness (QED) is 0.836. The van der Waals surface area contributed by atoms with E-state index in [0.29, 0.717) is 11.8 Å². The third-order valence-corrected chi connectivity index (χ3v) is 4.45. The van der Waals surface area contributed by atoms with Crippen LogP contribution in [0.15, 0.2) is 23.3 Å². The predicted molar refractivity (Wildman–Crippen MR) is 75.6 cm³/mol. The van der Waals surface area contributed by atoms with E-state index in [1.807, 2.05) is 0 Å². The number of alkyl halides is 1. The van der Waals surface area contributed by atoms with Gasteiger partial charge in [-0.15, -0.1) is 11.6 Å². The van der Waals surface area contributed by atoms with Gasteiger partial charge in [0.15, 0.2) is 5.43 Å². The zero-order chi connectivity index (χ0) is 13.9. The van der Waals surface area contributed by atoms with Crippen LogP contribution < -0.4 is 10.7 Å². The minimum atomic E-state index is -0.368. The Balaban J connectivity index is 2.13. The van der Waals surface area contributed by atoms with Gasteiger partial charge in [-0.1, -0.05) is 6.92 Å². The Morgan fingerprint density at radius 3 is 2.79 bits per heavy atom. The molecule has 0 spiro atoms. The normalized spacial score (nSPS) is 26.9. The Morgan fingerprint density at radius 1 is 1.53 bits per heavy atom.